The van der Waals surface area contributed by atoms with E-state index in [9.17, 15) is 57.5 Å². The van der Waals surface area contributed by atoms with E-state index in [1.807, 2.05) is 4.68 Å². The second-order valence-corrected chi connectivity index (χ2v) is 15.8. The Bertz CT molecular complexity index is 2470. The summed E-state index contributed by atoms with van der Waals surface area (Å²) in [5.74, 6) is -5.71. The zero-order valence-electron chi connectivity index (χ0n) is 29.9. The van der Waals surface area contributed by atoms with E-state index in [1.54, 1.807) is 24.1 Å². The lowest BCUT2D eigenvalue weighted by atomic mass is 9.98. The van der Waals surface area contributed by atoms with Gasteiger partial charge in [-0.3, -0.25) is 23.7 Å². The van der Waals surface area contributed by atoms with E-state index < -0.39 is 81.0 Å². The molecule has 0 bridgehead atoms. The van der Waals surface area contributed by atoms with E-state index in [0.29, 0.717) is 28.3 Å². The number of anilines is 1. The molecule has 2 atom stereocenters. The summed E-state index contributed by atoms with van der Waals surface area (Å²) >= 11 is 1.90. The molecule has 0 aromatic carbocycles. The summed E-state index contributed by atoms with van der Waals surface area (Å²) < 4.78 is 37.9. The van der Waals surface area contributed by atoms with Crippen molar-refractivity contribution in [3.63, 3.8) is 0 Å². The highest BCUT2D eigenvalue weighted by atomic mass is 32.2. The van der Waals surface area contributed by atoms with Crippen LogP contribution in [-0.4, -0.2) is 123 Å². The Morgan fingerprint density at radius 3 is 2.58 bits per heavy atom. The van der Waals surface area contributed by atoms with E-state index >= 15 is 0 Å². The molecule has 3 amide bonds. The monoisotopic (exact) mass is 853 g/mol. The predicted octanol–water partition coefficient (Wildman–Crippen LogP) is -3.43. The highest BCUT2D eigenvalue weighted by Crippen LogP contribution is 2.26. The van der Waals surface area contributed by atoms with Gasteiger partial charge in [-0.1, -0.05) is 5.16 Å². The van der Waals surface area contributed by atoms with Crippen LogP contribution in [0.25, 0.3) is 10.6 Å². The molecule has 27 heteroatoms. The zero-order chi connectivity index (χ0) is 42.0. The van der Waals surface area contributed by atoms with E-state index in [-0.39, 0.29) is 32.2 Å². The highest BCUT2D eigenvalue weighted by Gasteiger charge is 2.54. The molecule has 304 valence electrons. The molecule has 0 saturated carbocycles. The second kappa shape index (κ2) is 16.3. The van der Waals surface area contributed by atoms with Crippen LogP contribution in [0.2, 0.25) is 0 Å². The van der Waals surface area contributed by atoms with Crippen LogP contribution in [0.1, 0.15) is 41.3 Å². The molecule has 4 aromatic heterocycles. The van der Waals surface area contributed by atoms with Gasteiger partial charge in [-0.05, 0) is 13.8 Å². The fraction of sp³-hybridized carbons (Fsp3) is 0.333. The average Bonchev–Trinajstić information content (AvgIpc) is 3.88. The van der Waals surface area contributed by atoms with Crippen LogP contribution in [-0.2, 0) is 43.1 Å². The maximum atomic E-state index is 13.3. The number of β-lactam (4-membered cyclic amide) rings is 1. The summed E-state index contributed by atoms with van der Waals surface area (Å²) in [5, 5.41) is 48.9. The first-order valence-electron chi connectivity index (χ1n) is 16.3. The molecule has 0 aliphatic carbocycles. The van der Waals surface area contributed by atoms with Crippen molar-refractivity contribution in [2.75, 3.05) is 18.8 Å². The minimum Gasteiger partial charge on any atom is -0.503 e. The maximum absolute atomic E-state index is 13.3. The Morgan fingerprint density at radius 1 is 1.21 bits per heavy atom. The first-order chi connectivity index (χ1) is 26.7. The second-order valence-electron chi connectivity index (χ2n) is 12.6. The van der Waals surface area contributed by atoms with Gasteiger partial charge >= 0.3 is 22.2 Å². The van der Waals surface area contributed by atoms with E-state index in [4.69, 9.17) is 10.6 Å². The number of carbonyl (C=O) groups excluding carboxylic acids is 3. The molecule has 1 aliphatic heterocycles. The fourth-order valence-corrected chi connectivity index (χ4v) is 7.32. The standard InChI is InChI=1S/C30H33N11O13S3/c1-30(2,28(48)49)54-37-21(15-13-55-29(31)35-15)25(46)36-22-17(41(27(22)47)57(51,52)53)8-33-24(45)20-9-34-26(56-20)14-10-38(3)39(11-14)6-4-5-32-23(44)16-7-18(42)19(43)12-40(16)50/h7,9-13,17,22,50H,4-6,8H2,1-3H3,(H7-,31,32,33,35,36,43,44,45,46,48,49,51,52,53)/p+2/b37-21-/t17-,22+/m1/s1. The van der Waals surface area contributed by atoms with E-state index in [2.05, 4.69) is 30.7 Å². The topological polar surface area (TPSA) is 349 Å². The van der Waals surface area contributed by atoms with Crippen LogP contribution in [0.4, 0.5) is 5.13 Å². The van der Waals surface area contributed by atoms with E-state index in [1.165, 1.54) is 11.6 Å². The number of hydrogen-bond donors (Lipinski definition) is 9. The Hall–Kier alpha value is -6.45. The Kier molecular flexibility index (Phi) is 12.0. The predicted molar refractivity (Wildman–Crippen MR) is 196 cm³/mol. The SMILES string of the molecule is C[n+]1cc(-c2ncc(C(=O)NC[C@@H]3[C@H](NC(=O)/C(=N\OC(C)(C)C(=O)O)c4csc(N)n4)C(=O)N3S(=O)(=O)O)s2)cn1CCC[NH+]=C(O)c1cc(=O)c(O)cn1O. The van der Waals surface area contributed by atoms with Crippen LogP contribution < -0.4 is 31.5 Å². The molecular weight excluding hydrogens is 819 g/mol. The van der Waals surface area contributed by atoms with Gasteiger partial charge in [-0.15, -0.1) is 27.4 Å². The molecule has 5 rings (SSSR count). The van der Waals surface area contributed by atoms with Crippen molar-refractivity contribution in [1.82, 2.24) is 34.3 Å². The first kappa shape index (κ1) is 41.7. The number of aliphatic carboxylic acids is 1. The number of amides is 3. The number of hydrogen-bond acceptors (Lipinski definition) is 16. The highest BCUT2D eigenvalue weighted by molar-refractivity contribution is 7.84. The normalized spacial score (nSPS) is 16.3. The molecule has 0 spiro atoms. The third-order valence-electron chi connectivity index (χ3n) is 8.14. The third-order valence-corrected chi connectivity index (χ3v) is 10.8. The number of aromatic hydroxyl groups is 1. The van der Waals surface area contributed by atoms with Crippen LogP contribution >= 0.6 is 22.7 Å². The summed E-state index contributed by atoms with van der Waals surface area (Å²) in [5.41, 5.74) is 2.60. The van der Waals surface area contributed by atoms with Crippen molar-refractivity contribution >= 4 is 73.4 Å². The number of oxime groups is 1. The molecule has 0 unspecified atom stereocenters. The number of carboxylic acid groups (broad SMARTS) is 1. The van der Waals surface area contributed by atoms with Crippen LogP contribution in [0.15, 0.2) is 46.2 Å². The number of nitrogens with two attached hydrogens (primary N) is 1. The summed E-state index contributed by atoms with van der Waals surface area (Å²) in [6.45, 7) is 2.38. The number of pyridine rings is 1. The smallest absolute Gasteiger partial charge is 0.386 e. The number of carboxylic acids is 1. The molecule has 1 saturated heterocycles. The van der Waals surface area contributed by atoms with Crippen molar-refractivity contribution in [1.29, 1.82) is 0 Å². The molecule has 1 fully saturated rings. The van der Waals surface area contributed by atoms with Gasteiger partial charge in [0.05, 0.1) is 36.7 Å². The number of aliphatic hydroxyl groups excluding tert-OH is 1. The lowest BCUT2D eigenvalue weighted by molar-refractivity contribution is -0.753. The molecule has 57 heavy (non-hydrogen) atoms. The number of aliphatic hydroxyl groups is 1. The molecule has 1 aliphatic rings. The van der Waals surface area contributed by atoms with Gasteiger partial charge in [-0.25, -0.2) is 24.1 Å². The Labute approximate surface area is 328 Å². The van der Waals surface area contributed by atoms with Crippen LogP contribution in [0.5, 0.6) is 5.75 Å². The number of aromatic nitrogens is 5. The minimum atomic E-state index is -5.15. The van der Waals surface area contributed by atoms with Gasteiger partial charge in [0, 0.05) is 24.4 Å². The maximum Gasteiger partial charge on any atom is 0.386 e. The largest absolute Gasteiger partial charge is 0.503 e. The lowest BCUT2D eigenvalue weighted by Gasteiger charge is -2.44. The summed E-state index contributed by atoms with van der Waals surface area (Å²) in [7, 11) is -3.39. The number of rotatable bonds is 16. The van der Waals surface area contributed by atoms with Gasteiger partial charge in [-0.2, -0.15) is 17.8 Å². The molecule has 24 nitrogen and oxygen atoms in total. The quantitative estimate of drug-likeness (QED) is 0.00774. The molecule has 4 aromatic rings. The number of thiazole rings is 2. The molecule has 10 N–H and O–H groups in total. The van der Waals surface area contributed by atoms with E-state index in [0.717, 1.165) is 48.8 Å². The number of nitrogen functional groups attached to an aromatic ring is 1. The summed E-state index contributed by atoms with van der Waals surface area (Å²) in [6, 6.07) is -2.27. The summed E-state index contributed by atoms with van der Waals surface area (Å²) in [6.07, 6.45) is 5.96. The Balaban J connectivity index is 1.23. The average molecular weight is 854 g/mol. The van der Waals surface area contributed by atoms with Crippen molar-refractivity contribution in [3.8, 4) is 16.3 Å². The van der Waals surface area contributed by atoms with Gasteiger partial charge in [0.25, 0.3) is 17.7 Å². The number of nitrogens with zero attached hydrogens (tertiary/aromatic N) is 7. The molecule has 5 heterocycles. The number of nitrogens with one attached hydrogen (secondary N) is 3. The van der Waals surface area contributed by atoms with Crippen LogP contribution in [0, 0.1) is 0 Å². The van der Waals surface area contributed by atoms with Gasteiger partial charge in [0.15, 0.2) is 29.3 Å². The lowest BCUT2D eigenvalue weighted by Crippen LogP contribution is -2.74. The fourth-order valence-electron chi connectivity index (χ4n) is 5.09. The molecular formula is C30H35N11O13S3+2. The van der Waals surface area contributed by atoms with Crippen molar-refractivity contribution in [2.24, 2.45) is 12.2 Å². The van der Waals surface area contributed by atoms with Crippen LogP contribution in [0.3, 0.4) is 0 Å². The first-order valence-corrected chi connectivity index (χ1v) is 19.3. The van der Waals surface area contributed by atoms with Gasteiger partial charge < -0.3 is 41.7 Å². The zero-order valence-corrected chi connectivity index (χ0v) is 32.3. The van der Waals surface area contributed by atoms with Crippen molar-refractivity contribution < 1.29 is 67.2 Å². The van der Waals surface area contributed by atoms with Gasteiger partial charge in [0.1, 0.15) is 28.2 Å². The minimum absolute atomic E-state index is 0.00991. The molecule has 0 radical (unpaired) electrons. The number of carbonyl (C=O) groups is 4. The number of aryl methyl sites for hydroxylation is 2. The third kappa shape index (κ3) is 9.34. The van der Waals surface area contributed by atoms with Crippen molar-refractivity contribution in [2.45, 2.75) is 44.5 Å². The van der Waals surface area contributed by atoms with Crippen molar-refractivity contribution in [3.05, 3.63) is 62.7 Å². The van der Waals surface area contributed by atoms with Gasteiger partial charge in [0.2, 0.25) is 17.2 Å². The summed E-state index contributed by atoms with van der Waals surface area (Å²) in [4.78, 5) is 78.5. The Morgan fingerprint density at radius 2 is 1.93 bits per heavy atom.